The van der Waals surface area contributed by atoms with Crippen molar-refractivity contribution in [2.45, 2.75) is 5.75 Å². The van der Waals surface area contributed by atoms with Crippen molar-refractivity contribution in [1.82, 2.24) is 4.98 Å². The molecular formula is C10H8FNO2S. The molecule has 1 aromatic heterocycles. The number of hydrogen-bond donors (Lipinski definition) is 0. The third-order valence-electron chi connectivity index (χ3n) is 2.07. The van der Waals surface area contributed by atoms with Crippen molar-refractivity contribution >= 4 is 21.1 Å². The Hall–Kier alpha value is -1.49. The van der Waals surface area contributed by atoms with Gasteiger partial charge in [0.15, 0.2) is 0 Å². The van der Waals surface area contributed by atoms with Gasteiger partial charge in [-0.2, -0.15) is 8.42 Å². The Balaban J connectivity index is 2.61. The molecule has 3 nitrogen and oxygen atoms in total. The summed E-state index contributed by atoms with van der Waals surface area (Å²) in [5.41, 5.74) is 1.10. The van der Waals surface area contributed by atoms with Gasteiger partial charge in [0.05, 0.1) is 5.52 Å². The Morgan fingerprint density at radius 3 is 2.67 bits per heavy atom. The fraction of sp³-hybridized carbons (Fsp3) is 0.100. The fourth-order valence-electron chi connectivity index (χ4n) is 1.47. The molecule has 0 atom stereocenters. The number of nitrogens with zero attached hydrogens (tertiary/aromatic N) is 1. The van der Waals surface area contributed by atoms with Crippen LogP contribution in [0.3, 0.4) is 0 Å². The van der Waals surface area contributed by atoms with Gasteiger partial charge in [-0.05, 0) is 17.7 Å². The highest BCUT2D eigenvalue weighted by Crippen LogP contribution is 2.18. The lowest BCUT2D eigenvalue weighted by molar-refractivity contribution is 0.551. The summed E-state index contributed by atoms with van der Waals surface area (Å²) in [7, 11) is -4.50. The number of fused-ring (bicyclic) bond motifs is 1. The molecule has 0 saturated carbocycles. The van der Waals surface area contributed by atoms with Crippen molar-refractivity contribution in [3.63, 3.8) is 0 Å². The molecule has 2 aromatic rings. The highest BCUT2D eigenvalue weighted by molar-refractivity contribution is 7.85. The minimum atomic E-state index is -4.50. The average Bonchev–Trinajstić information content (AvgIpc) is 2.16. The Labute approximate surface area is 86.8 Å². The standard InChI is InChI=1S/C10H8FNO2S/c11-15(13,14)7-8-5-6-12-10-4-2-1-3-9(8)10/h1-6H,7H2. The Morgan fingerprint density at radius 2 is 1.93 bits per heavy atom. The Morgan fingerprint density at radius 1 is 1.20 bits per heavy atom. The van der Waals surface area contributed by atoms with Crippen LogP contribution in [-0.2, 0) is 16.0 Å². The molecule has 0 radical (unpaired) electrons. The molecule has 2 rings (SSSR count). The van der Waals surface area contributed by atoms with Crippen molar-refractivity contribution in [3.05, 3.63) is 42.1 Å². The molecule has 0 unspecified atom stereocenters. The summed E-state index contributed by atoms with van der Waals surface area (Å²) in [6.45, 7) is 0. The van der Waals surface area contributed by atoms with Crippen LogP contribution in [0.15, 0.2) is 36.5 Å². The number of pyridine rings is 1. The predicted octanol–water partition coefficient (Wildman–Crippen LogP) is 2.03. The van der Waals surface area contributed by atoms with Crippen molar-refractivity contribution in [2.75, 3.05) is 0 Å². The summed E-state index contributed by atoms with van der Waals surface area (Å²) in [6.07, 6.45) is 1.48. The van der Waals surface area contributed by atoms with Crippen molar-refractivity contribution in [2.24, 2.45) is 0 Å². The predicted molar refractivity (Wildman–Crippen MR) is 55.5 cm³/mol. The van der Waals surface area contributed by atoms with Crippen LogP contribution >= 0.6 is 0 Å². The number of aromatic nitrogens is 1. The van der Waals surface area contributed by atoms with Crippen LogP contribution < -0.4 is 0 Å². The molecule has 5 heteroatoms. The van der Waals surface area contributed by atoms with Crippen LogP contribution in [-0.4, -0.2) is 13.4 Å². The Kier molecular flexibility index (Phi) is 2.40. The van der Waals surface area contributed by atoms with Crippen LogP contribution in [0.25, 0.3) is 10.9 Å². The summed E-state index contributed by atoms with van der Waals surface area (Å²) >= 11 is 0. The zero-order chi connectivity index (χ0) is 10.9. The molecular weight excluding hydrogens is 217 g/mol. The largest absolute Gasteiger partial charge is 0.306 e. The van der Waals surface area contributed by atoms with E-state index in [1.165, 1.54) is 12.3 Å². The first kappa shape index (κ1) is 10.0. The highest BCUT2D eigenvalue weighted by Gasteiger charge is 2.11. The van der Waals surface area contributed by atoms with Gasteiger partial charge < -0.3 is 0 Å². The van der Waals surface area contributed by atoms with E-state index in [9.17, 15) is 12.3 Å². The summed E-state index contributed by atoms with van der Waals surface area (Å²) in [5, 5.41) is 0.668. The number of hydrogen-bond acceptors (Lipinski definition) is 3. The average molecular weight is 225 g/mol. The van der Waals surface area contributed by atoms with E-state index in [1.807, 2.05) is 0 Å². The van der Waals surface area contributed by atoms with E-state index in [0.29, 0.717) is 16.5 Å². The first-order chi connectivity index (χ1) is 7.06. The molecule has 1 heterocycles. The molecule has 0 aliphatic carbocycles. The molecule has 78 valence electrons. The minimum absolute atomic E-state index is 0.433. The van der Waals surface area contributed by atoms with Gasteiger partial charge >= 0.3 is 10.2 Å². The lowest BCUT2D eigenvalue weighted by atomic mass is 10.1. The third-order valence-corrected chi connectivity index (χ3v) is 2.72. The second-order valence-corrected chi connectivity index (χ2v) is 4.54. The van der Waals surface area contributed by atoms with Gasteiger partial charge in [0.1, 0.15) is 5.75 Å². The molecule has 0 aliphatic heterocycles. The summed E-state index contributed by atoms with van der Waals surface area (Å²) in [5.74, 6) is -0.601. The Bertz CT molecular complexity index is 590. The van der Waals surface area contributed by atoms with E-state index in [1.54, 1.807) is 24.3 Å². The highest BCUT2D eigenvalue weighted by atomic mass is 32.3. The second kappa shape index (κ2) is 3.58. The fourth-order valence-corrected chi connectivity index (χ4v) is 2.09. The number of para-hydroxylation sites is 1. The molecule has 0 spiro atoms. The SMILES string of the molecule is O=S(=O)(F)Cc1ccnc2ccccc12. The van der Waals surface area contributed by atoms with E-state index >= 15 is 0 Å². The van der Waals surface area contributed by atoms with Crippen molar-refractivity contribution in [1.29, 1.82) is 0 Å². The van der Waals surface area contributed by atoms with E-state index in [2.05, 4.69) is 4.98 Å². The van der Waals surface area contributed by atoms with Crippen molar-refractivity contribution < 1.29 is 12.3 Å². The minimum Gasteiger partial charge on any atom is -0.256 e. The summed E-state index contributed by atoms with van der Waals surface area (Å²) in [6, 6.07) is 8.55. The maximum absolute atomic E-state index is 12.6. The lowest BCUT2D eigenvalue weighted by Crippen LogP contribution is -1.97. The number of rotatable bonds is 2. The molecule has 0 N–H and O–H groups in total. The van der Waals surface area contributed by atoms with Gasteiger partial charge in [-0.3, -0.25) is 4.98 Å². The monoisotopic (exact) mass is 225 g/mol. The molecule has 0 fully saturated rings. The van der Waals surface area contributed by atoms with Crippen LogP contribution in [0.2, 0.25) is 0 Å². The number of benzene rings is 1. The van der Waals surface area contributed by atoms with E-state index in [0.717, 1.165) is 0 Å². The van der Waals surface area contributed by atoms with Gasteiger partial charge in [-0.15, -0.1) is 3.89 Å². The van der Waals surface area contributed by atoms with E-state index in [4.69, 9.17) is 0 Å². The topological polar surface area (TPSA) is 47.0 Å². The normalized spacial score (nSPS) is 11.8. The van der Waals surface area contributed by atoms with Crippen LogP contribution in [0.4, 0.5) is 3.89 Å². The summed E-state index contributed by atoms with van der Waals surface area (Å²) in [4.78, 5) is 4.05. The lowest BCUT2D eigenvalue weighted by Gasteiger charge is -2.02. The smallest absolute Gasteiger partial charge is 0.256 e. The van der Waals surface area contributed by atoms with Gasteiger partial charge in [-0.1, -0.05) is 18.2 Å². The van der Waals surface area contributed by atoms with Gasteiger partial charge in [0.2, 0.25) is 0 Å². The van der Waals surface area contributed by atoms with Crippen LogP contribution in [0.1, 0.15) is 5.56 Å². The zero-order valence-electron chi connectivity index (χ0n) is 7.72. The molecule has 0 aliphatic rings. The third kappa shape index (κ3) is 2.30. The molecule has 15 heavy (non-hydrogen) atoms. The molecule has 0 amide bonds. The summed E-state index contributed by atoms with van der Waals surface area (Å²) < 4.78 is 33.7. The van der Waals surface area contributed by atoms with Gasteiger partial charge in [0, 0.05) is 11.6 Å². The zero-order valence-corrected chi connectivity index (χ0v) is 8.54. The maximum atomic E-state index is 12.6. The molecule has 0 bridgehead atoms. The van der Waals surface area contributed by atoms with Gasteiger partial charge in [0.25, 0.3) is 0 Å². The van der Waals surface area contributed by atoms with Gasteiger partial charge in [-0.25, -0.2) is 0 Å². The molecule has 0 saturated heterocycles. The maximum Gasteiger partial charge on any atom is 0.306 e. The first-order valence-corrected chi connectivity index (χ1v) is 5.86. The van der Waals surface area contributed by atoms with E-state index < -0.39 is 16.0 Å². The molecule has 1 aromatic carbocycles. The first-order valence-electron chi connectivity index (χ1n) is 4.31. The number of halogens is 1. The van der Waals surface area contributed by atoms with Crippen molar-refractivity contribution in [3.8, 4) is 0 Å². The van der Waals surface area contributed by atoms with Crippen LogP contribution in [0.5, 0.6) is 0 Å². The van der Waals surface area contributed by atoms with E-state index in [-0.39, 0.29) is 0 Å². The second-order valence-electron chi connectivity index (χ2n) is 3.17. The quantitative estimate of drug-likeness (QED) is 0.735. The van der Waals surface area contributed by atoms with Crippen LogP contribution in [0, 0.1) is 0 Å².